The van der Waals surface area contributed by atoms with Gasteiger partial charge in [-0.25, -0.2) is 14.8 Å². The zero-order chi connectivity index (χ0) is 18.0. The molecule has 144 valence electrons. The fourth-order valence-corrected chi connectivity index (χ4v) is 2.47. The number of rotatable bonds is 7. The molecule has 0 saturated carbocycles. The number of alkyl carbamates (subject to hydrolysis) is 1. The number of guanidine groups is 1. The first-order chi connectivity index (χ1) is 11.3. The van der Waals surface area contributed by atoms with Gasteiger partial charge in [0.2, 0.25) is 0 Å². The number of aryl methyl sites for hydroxylation is 1. The molecule has 1 amide bonds. The molecule has 25 heavy (non-hydrogen) atoms. The molecule has 3 N–H and O–H groups in total. The van der Waals surface area contributed by atoms with Crippen LogP contribution < -0.4 is 16.0 Å². The Labute approximate surface area is 171 Å². The minimum Gasteiger partial charge on any atom is -0.444 e. The van der Waals surface area contributed by atoms with E-state index in [-0.39, 0.29) is 30.1 Å². The average Bonchev–Trinajstić information content (AvgIpc) is 2.87. The van der Waals surface area contributed by atoms with Gasteiger partial charge in [-0.05, 0) is 41.0 Å². The average molecular weight is 483 g/mol. The molecular formula is C16H30IN5O2S. The molecule has 7 nitrogen and oxygen atoms in total. The van der Waals surface area contributed by atoms with Crippen molar-refractivity contribution in [2.75, 3.05) is 19.6 Å². The van der Waals surface area contributed by atoms with Crippen LogP contribution in [0.15, 0.2) is 10.5 Å². The van der Waals surface area contributed by atoms with E-state index < -0.39 is 5.60 Å². The monoisotopic (exact) mass is 483 g/mol. The molecule has 0 aliphatic carbocycles. The van der Waals surface area contributed by atoms with Crippen molar-refractivity contribution in [2.45, 2.75) is 53.2 Å². The van der Waals surface area contributed by atoms with Crippen LogP contribution in [-0.2, 0) is 11.3 Å². The third kappa shape index (κ3) is 11.2. The highest BCUT2D eigenvalue weighted by Crippen LogP contribution is 2.12. The van der Waals surface area contributed by atoms with Gasteiger partial charge in [0, 0.05) is 24.5 Å². The van der Waals surface area contributed by atoms with Crippen molar-refractivity contribution >= 4 is 47.4 Å². The predicted octanol–water partition coefficient (Wildman–Crippen LogP) is 3.04. The Hall–Kier alpha value is -1.10. The van der Waals surface area contributed by atoms with E-state index >= 15 is 0 Å². The molecule has 0 radical (unpaired) electrons. The van der Waals surface area contributed by atoms with Gasteiger partial charge in [0.1, 0.15) is 5.60 Å². The van der Waals surface area contributed by atoms with E-state index in [9.17, 15) is 4.79 Å². The molecule has 0 fully saturated rings. The summed E-state index contributed by atoms with van der Waals surface area (Å²) in [4.78, 5) is 21.5. The van der Waals surface area contributed by atoms with Crippen LogP contribution in [0.4, 0.5) is 4.79 Å². The Morgan fingerprint density at radius 3 is 2.52 bits per heavy atom. The van der Waals surface area contributed by atoms with E-state index in [0.29, 0.717) is 19.6 Å². The van der Waals surface area contributed by atoms with Gasteiger partial charge >= 0.3 is 6.09 Å². The van der Waals surface area contributed by atoms with Gasteiger partial charge < -0.3 is 20.7 Å². The Balaban J connectivity index is 0.00000576. The molecule has 0 spiro atoms. The topological polar surface area (TPSA) is 87.6 Å². The lowest BCUT2D eigenvalue weighted by atomic mass is 10.2. The predicted molar refractivity (Wildman–Crippen MR) is 114 cm³/mol. The first-order valence-electron chi connectivity index (χ1n) is 8.20. The maximum atomic E-state index is 11.5. The number of aromatic nitrogens is 1. The van der Waals surface area contributed by atoms with Crippen LogP contribution in [0.2, 0.25) is 0 Å². The molecule has 0 saturated heterocycles. The van der Waals surface area contributed by atoms with Gasteiger partial charge in [-0.2, -0.15) is 0 Å². The second-order valence-corrected chi connectivity index (χ2v) is 7.20. The zero-order valence-electron chi connectivity index (χ0n) is 15.6. The minimum absolute atomic E-state index is 0. The van der Waals surface area contributed by atoms with Crippen molar-refractivity contribution in [3.63, 3.8) is 0 Å². The third-order valence-electron chi connectivity index (χ3n) is 2.88. The van der Waals surface area contributed by atoms with Crippen LogP contribution in [0.5, 0.6) is 0 Å². The highest BCUT2D eigenvalue weighted by Gasteiger charge is 2.15. The lowest BCUT2D eigenvalue weighted by molar-refractivity contribution is 0.0527. The minimum atomic E-state index is -0.470. The Bertz CT molecular complexity index is 543. The van der Waals surface area contributed by atoms with Gasteiger partial charge in [0.15, 0.2) is 5.96 Å². The van der Waals surface area contributed by atoms with Gasteiger partial charge in [-0.3, -0.25) is 0 Å². The van der Waals surface area contributed by atoms with Gasteiger partial charge in [-0.1, -0.05) is 0 Å². The summed E-state index contributed by atoms with van der Waals surface area (Å²) in [5, 5.41) is 9.20. The number of nitrogens with zero attached hydrogens (tertiary/aromatic N) is 2. The van der Waals surface area contributed by atoms with Gasteiger partial charge in [0.05, 0.1) is 17.7 Å². The Morgan fingerprint density at radius 1 is 1.28 bits per heavy atom. The fraction of sp³-hybridized carbons (Fsp3) is 0.688. The highest BCUT2D eigenvalue weighted by molar-refractivity contribution is 14.0. The molecule has 9 heteroatoms. The maximum absolute atomic E-state index is 11.5. The summed E-state index contributed by atoms with van der Waals surface area (Å²) in [6.45, 7) is 12.2. The summed E-state index contributed by atoms with van der Waals surface area (Å²) in [7, 11) is 0. The molecule has 1 aromatic heterocycles. The number of thiazole rings is 1. The number of nitrogens with one attached hydrogen (secondary N) is 3. The van der Waals surface area contributed by atoms with Crippen molar-refractivity contribution in [2.24, 2.45) is 4.99 Å². The highest BCUT2D eigenvalue weighted by atomic mass is 127. The van der Waals surface area contributed by atoms with Crippen LogP contribution in [0, 0.1) is 6.92 Å². The molecule has 0 aliphatic heterocycles. The quantitative estimate of drug-likeness (QED) is 0.240. The molecular weight excluding hydrogens is 453 g/mol. The Morgan fingerprint density at radius 2 is 1.96 bits per heavy atom. The van der Waals surface area contributed by atoms with Crippen LogP contribution >= 0.6 is 35.3 Å². The second kappa shape index (κ2) is 12.3. The number of halogens is 1. The number of hydrogen-bond donors (Lipinski definition) is 3. The molecule has 1 heterocycles. The van der Waals surface area contributed by atoms with Crippen molar-refractivity contribution in [3.05, 3.63) is 16.1 Å². The second-order valence-electron chi connectivity index (χ2n) is 6.27. The van der Waals surface area contributed by atoms with E-state index in [0.717, 1.165) is 24.6 Å². The van der Waals surface area contributed by atoms with Crippen molar-refractivity contribution in [1.82, 2.24) is 20.9 Å². The van der Waals surface area contributed by atoms with Crippen LogP contribution in [0.25, 0.3) is 0 Å². The zero-order valence-corrected chi connectivity index (χ0v) is 18.8. The molecule has 0 aliphatic rings. The van der Waals surface area contributed by atoms with Crippen LogP contribution in [0.3, 0.4) is 0 Å². The molecule has 1 aromatic rings. The molecule has 0 atom stereocenters. The largest absolute Gasteiger partial charge is 0.444 e. The maximum Gasteiger partial charge on any atom is 0.407 e. The summed E-state index contributed by atoms with van der Waals surface area (Å²) in [5.41, 5.74) is 2.39. The number of hydrogen-bond acceptors (Lipinski definition) is 5. The van der Waals surface area contributed by atoms with E-state index in [2.05, 4.69) is 25.9 Å². The summed E-state index contributed by atoms with van der Waals surface area (Å²) in [6.07, 6.45) is 0.396. The lowest BCUT2D eigenvalue weighted by Gasteiger charge is -2.19. The normalized spacial score (nSPS) is 11.5. The third-order valence-corrected chi connectivity index (χ3v) is 3.80. The summed E-state index contributed by atoms with van der Waals surface area (Å²) in [6, 6.07) is 0. The summed E-state index contributed by atoms with van der Waals surface area (Å²) >= 11 is 1.61. The molecule has 0 unspecified atom stereocenters. The van der Waals surface area contributed by atoms with Crippen LogP contribution in [-0.4, -0.2) is 42.3 Å². The number of carbonyl (C=O) groups excluding carboxylic acids is 1. The lowest BCUT2D eigenvalue weighted by Crippen LogP contribution is -2.39. The first kappa shape index (κ1) is 23.9. The van der Waals surface area contributed by atoms with Crippen molar-refractivity contribution < 1.29 is 9.53 Å². The fourth-order valence-electron chi connectivity index (χ4n) is 1.77. The first-order valence-corrected chi connectivity index (χ1v) is 9.07. The molecule has 0 aromatic carbocycles. The number of amides is 1. The molecule has 0 bridgehead atoms. The standard InChI is InChI=1S/C16H29N5O2S.HI/c1-6-17-14(20-10-13-12(2)21-11-24-13)18-8-7-9-19-15(22)23-16(3,4)5;/h11H,6-10H2,1-5H3,(H,19,22)(H2,17,18,20);1H. The smallest absolute Gasteiger partial charge is 0.407 e. The number of aliphatic imine (C=N–C) groups is 1. The van der Waals surface area contributed by atoms with Crippen LogP contribution in [0.1, 0.15) is 44.7 Å². The SMILES string of the molecule is CCNC(=NCc1scnc1C)NCCCNC(=O)OC(C)(C)C.I. The van der Waals surface area contributed by atoms with E-state index in [4.69, 9.17) is 4.74 Å². The van der Waals surface area contributed by atoms with Crippen molar-refractivity contribution in [1.29, 1.82) is 0 Å². The van der Waals surface area contributed by atoms with E-state index in [1.165, 1.54) is 4.88 Å². The summed E-state index contributed by atoms with van der Waals surface area (Å²) in [5.74, 6) is 0.766. The van der Waals surface area contributed by atoms with E-state index in [1.54, 1.807) is 11.3 Å². The van der Waals surface area contributed by atoms with Crippen molar-refractivity contribution in [3.8, 4) is 0 Å². The summed E-state index contributed by atoms with van der Waals surface area (Å²) < 4.78 is 5.18. The van der Waals surface area contributed by atoms with Gasteiger partial charge in [-0.15, -0.1) is 35.3 Å². The number of carbonyl (C=O) groups is 1. The van der Waals surface area contributed by atoms with Gasteiger partial charge in [0.25, 0.3) is 0 Å². The molecule has 1 rings (SSSR count). The number of ether oxygens (including phenoxy) is 1. The van der Waals surface area contributed by atoms with E-state index in [1.807, 2.05) is 40.1 Å². The Kier molecular flexibility index (Phi) is 11.7.